The molecule has 0 aliphatic rings. The average molecular weight is 677 g/mol. The largest absolute Gasteiger partial charge is 0.309 e. The molecular formula is C48H31N3. The maximum absolute atomic E-state index is 9.89. The Hall–Kier alpha value is -6.84. The van der Waals surface area contributed by atoms with Gasteiger partial charge in [-0.15, -0.1) is 0 Å². The van der Waals surface area contributed by atoms with Crippen molar-refractivity contribution in [3.8, 4) is 28.2 Å². The zero-order chi connectivity index (χ0) is 57.0. The van der Waals surface area contributed by atoms with Crippen molar-refractivity contribution in [3.63, 3.8) is 0 Å². The Labute approximate surface area is 332 Å². The van der Waals surface area contributed by atoms with Crippen molar-refractivity contribution in [2.45, 2.75) is 0 Å². The van der Waals surface area contributed by atoms with Crippen molar-refractivity contribution < 1.29 is 37.0 Å². The van der Waals surface area contributed by atoms with Gasteiger partial charge in [-0.2, -0.15) is 0 Å². The summed E-state index contributed by atoms with van der Waals surface area (Å²) in [5.74, 6) is 0. The maximum Gasteiger partial charge on any atom is 0.0782 e. The Morgan fingerprint density at radius 3 is 1.51 bits per heavy atom. The molecule has 0 N–H and O–H groups in total. The molecule has 3 heteroatoms. The SMILES string of the molecule is [2H]c1c([2H])c([2H])c(-c2ccccc2-n2c3c([2H])c([2H])c([2H])c([2H])c3c3c(-n4c5c([2H])c([2H])c([2H])c([2H])c5c5c([2H])c([2H])c([2H])c(-n6c7c([2H])c([2H])c([2H])c([2H])c7c7c([2H])c([2H])c([2H])c([2H])c76)c54)c([2H])c([2H])c([2H])c32)c([2H])c1[2H]. The molecule has 0 amide bonds. The van der Waals surface area contributed by atoms with Gasteiger partial charge in [-0.05, 0) is 53.9 Å². The molecule has 0 radical (unpaired) electrons. The van der Waals surface area contributed by atoms with Gasteiger partial charge in [-0.3, -0.25) is 0 Å². The van der Waals surface area contributed by atoms with E-state index in [9.17, 15) is 16.4 Å². The molecule has 0 bridgehead atoms. The van der Waals surface area contributed by atoms with E-state index in [-0.39, 0.29) is 11.3 Å². The Bertz CT molecular complexity index is 4600. The van der Waals surface area contributed by atoms with Gasteiger partial charge in [0.15, 0.2) is 0 Å². The van der Waals surface area contributed by atoms with Crippen LogP contribution in [0.4, 0.5) is 0 Å². The highest BCUT2D eigenvalue weighted by Gasteiger charge is 2.23. The van der Waals surface area contributed by atoms with Gasteiger partial charge in [0, 0.05) is 37.9 Å². The summed E-state index contributed by atoms with van der Waals surface area (Å²) in [6, 6.07) is -17.7. The molecule has 0 saturated carbocycles. The minimum atomic E-state index is -1.01. The van der Waals surface area contributed by atoms with Crippen molar-refractivity contribution in [3.05, 3.63) is 187 Å². The van der Waals surface area contributed by atoms with Crippen LogP contribution in [0, 0.1) is 0 Å². The lowest BCUT2D eigenvalue weighted by atomic mass is 10.0. The van der Waals surface area contributed by atoms with Crippen LogP contribution in [0.3, 0.4) is 0 Å². The van der Waals surface area contributed by atoms with Crippen LogP contribution in [0.25, 0.3) is 93.6 Å². The zero-order valence-corrected chi connectivity index (χ0v) is 25.7. The van der Waals surface area contributed by atoms with Crippen molar-refractivity contribution in [1.82, 2.24) is 13.7 Å². The second kappa shape index (κ2) is 10.8. The number of hydrogen-bond acceptors (Lipinski definition) is 0. The van der Waals surface area contributed by atoms with Crippen LogP contribution < -0.4 is 0 Å². The Balaban J connectivity index is 1.51. The first kappa shape index (κ1) is 12.5. The van der Waals surface area contributed by atoms with E-state index in [0.717, 1.165) is 13.7 Å². The molecule has 0 aliphatic carbocycles. The first-order valence-corrected chi connectivity index (χ1v) is 15.3. The summed E-state index contributed by atoms with van der Waals surface area (Å²) in [5.41, 5.74) is -5.81. The highest BCUT2D eigenvalue weighted by molar-refractivity contribution is 6.18. The fourth-order valence-electron chi connectivity index (χ4n) is 6.82. The number of rotatable bonds is 4. The molecule has 3 heterocycles. The van der Waals surface area contributed by atoms with Gasteiger partial charge >= 0.3 is 0 Å². The second-order valence-electron chi connectivity index (χ2n) is 11.3. The van der Waals surface area contributed by atoms with Crippen LogP contribution in [0.1, 0.15) is 37.0 Å². The quantitative estimate of drug-likeness (QED) is 0.176. The molecule has 0 saturated heterocycles. The smallest absolute Gasteiger partial charge is 0.0782 e. The van der Waals surface area contributed by atoms with Crippen LogP contribution >= 0.6 is 0 Å². The lowest BCUT2D eigenvalue weighted by Gasteiger charge is -2.16. The van der Waals surface area contributed by atoms with E-state index in [0.29, 0.717) is 0 Å². The van der Waals surface area contributed by atoms with E-state index in [1.54, 1.807) is 0 Å². The third kappa shape index (κ3) is 3.94. The zero-order valence-electron chi connectivity index (χ0n) is 52.7. The maximum atomic E-state index is 9.89. The topological polar surface area (TPSA) is 14.8 Å². The second-order valence-corrected chi connectivity index (χ2v) is 11.3. The number of hydrogen-bond donors (Lipinski definition) is 0. The van der Waals surface area contributed by atoms with Crippen LogP contribution in [-0.2, 0) is 0 Å². The molecule has 0 fully saturated rings. The van der Waals surface area contributed by atoms with E-state index in [4.69, 9.17) is 20.6 Å². The molecule has 11 rings (SSSR count). The highest BCUT2D eigenvalue weighted by Crippen LogP contribution is 2.43. The minimum absolute atomic E-state index is 0.155. The molecule has 3 nitrogen and oxygen atoms in total. The van der Waals surface area contributed by atoms with Gasteiger partial charge in [-0.25, -0.2) is 0 Å². The number of nitrogens with zero attached hydrogens (tertiary/aromatic N) is 3. The first-order valence-electron chi connectivity index (χ1n) is 28.8. The van der Waals surface area contributed by atoms with E-state index < -0.39 is 246 Å². The molecule has 0 spiro atoms. The molecule has 3 aromatic heterocycles. The van der Waals surface area contributed by atoms with E-state index in [1.165, 1.54) is 24.3 Å². The number of fused-ring (bicyclic) bond motifs is 9. The highest BCUT2D eigenvalue weighted by atomic mass is 15.1. The van der Waals surface area contributed by atoms with Crippen LogP contribution in [0.5, 0.6) is 0 Å². The van der Waals surface area contributed by atoms with Crippen molar-refractivity contribution in [2.75, 3.05) is 0 Å². The first-order chi connectivity index (χ1) is 36.6. The molecule has 51 heavy (non-hydrogen) atoms. The van der Waals surface area contributed by atoms with Crippen LogP contribution in [0.2, 0.25) is 0 Å². The van der Waals surface area contributed by atoms with Gasteiger partial charge in [0.1, 0.15) is 0 Å². The summed E-state index contributed by atoms with van der Waals surface area (Å²) in [7, 11) is 0. The summed E-state index contributed by atoms with van der Waals surface area (Å²) in [6.45, 7) is 0. The van der Waals surface area contributed by atoms with Crippen molar-refractivity contribution in [1.29, 1.82) is 0 Å². The summed E-state index contributed by atoms with van der Waals surface area (Å²) in [6.07, 6.45) is 0. The van der Waals surface area contributed by atoms with Gasteiger partial charge < -0.3 is 13.7 Å². The Morgan fingerprint density at radius 2 is 0.804 bits per heavy atom. The van der Waals surface area contributed by atoms with Gasteiger partial charge in [0.05, 0.1) is 87.2 Å². The van der Waals surface area contributed by atoms with Crippen LogP contribution in [0.15, 0.2) is 187 Å². The molecule has 11 aromatic rings. The summed E-state index contributed by atoms with van der Waals surface area (Å²) >= 11 is 0. The predicted octanol–water partition coefficient (Wildman–Crippen LogP) is 12.6. The van der Waals surface area contributed by atoms with Crippen LogP contribution in [-0.4, -0.2) is 13.7 Å². The number of para-hydroxylation sites is 6. The van der Waals surface area contributed by atoms with Crippen molar-refractivity contribution >= 4 is 65.4 Å². The van der Waals surface area contributed by atoms with E-state index >= 15 is 0 Å². The fourth-order valence-corrected chi connectivity index (χ4v) is 6.82. The summed E-state index contributed by atoms with van der Waals surface area (Å²) < 4.78 is 249. The number of aromatic nitrogens is 3. The summed E-state index contributed by atoms with van der Waals surface area (Å²) in [4.78, 5) is 0. The molecular weight excluding hydrogens is 619 g/mol. The number of benzene rings is 8. The standard InChI is InChI=1S/C48H31N3/c1-2-16-32(17-3-1)33-18-4-9-24-39(33)49-43-28-13-8-22-38(43)47-44(49)29-15-30-45(47)51-42-27-12-7-21-36(42)37-23-14-31-46(48(37)51)50-40-25-10-5-19-34(40)35-20-6-11-26-41(35)50/h1-31H/i1D,2D,3D,5D,6D,7D,8D,10D,11D,12D,13D,14D,15D,16D,17D,19D,20D,21D,22D,23D,25D,26D,27D,28D,29D,30D,31D. The molecule has 0 aliphatic heterocycles. The molecule has 8 aromatic carbocycles. The third-order valence-electron chi connectivity index (χ3n) is 8.79. The Kier molecular flexibility index (Phi) is 2.65. The molecule has 0 unspecified atom stereocenters. The monoisotopic (exact) mass is 676 g/mol. The Morgan fingerprint density at radius 1 is 0.333 bits per heavy atom. The van der Waals surface area contributed by atoms with Crippen molar-refractivity contribution in [2.24, 2.45) is 0 Å². The summed E-state index contributed by atoms with van der Waals surface area (Å²) in [5, 5.41) is -3.24. The van der Waals surface area contributed by atoms with Gasteiger partial charge in [0.2, 0.25) is 0 Å². The predicted molar refractivity (Wildman–Crippen MR) is 215 cm³/mol. The average Bonchev–Trinajstić information content (AvgIpc) is 4.29. The van der Waals surface area contributed by atoms with E-state index in [1.807, 2.05) is 0 Å². The van der Waals surface area contributed by atoms with Gasteiger partial charge in [0.25, 0.3) is 0 Å². The third-order valence-corrected chi connectivity index (χ3v) is 8.79. The fraction of sp³-hybridized carbons (Fsp3) is 0. The molecule has 0 atom stereocenters. The lowest BCUT2D eigenvalue weighted by Crippen LogP contribution is -2.01. The lowest BCUT2D eigenvalue weighted by molar-refractivity contribution is 1.14. The minimum Gasteiger partial charge on any atom is -0.309 e. The normalized spacial score (nSPS) is 19.3. The van der Waals surface area contributed by atoms with E-state index in [2.05, 4.69) is 0 Å². The molecule has 238 valence electrons. The van der Waals surface area contributed by atoms with Gasteiger partial charge in [-0.1, -0.05) is 139 Å².